The van der Waals surface area contributed by atoms with Gasteiger partial charge in [0.05, 0.1) is 0 Å². The van der Waals surface area contributed by atoms with Crippen molar-refractivity contribution in [3.05, 3.63) is 0 Å². The summed E-state index contributed by atoms with van der Waals surface area (Å²) in [5, 5.41) is 0. The fourth-order valence-corrected chi connectivity index (χ4v) is 6.41. The van der Waals surface area contributed by atoms with Crippen LogP contribution in [0.15, 0.2) is 0 Å². The van der Waals surface area contributed by atoms with Crippen LogP contribution in [0.25, 0.3) is 0 Å². The Morgan fingerprint density at radius 1 is 0.885 bits per heavy atom. The fourth-order valence-electron chi connectivity index (χ4n) is 5.51. The van der Waals surface area contributed by atoms with Crippen molar-refractivity contribution in [2.24, 2.45) is 23.5 Å². The smallest absolute Gasteiger partial charge is 0.245 e. The molecule has 0 aromatic rings. The van der Waals surface area contributed by atoms with E-state index in [-0.39, 0.29) is 36.2 Å². The molecule has 0 aromatic heterocycles. The zero-order chi connectivity index (χ0) is 17.4. The summed E-state index contributed by atoms with van der Waals surface area (Å²) in [6.45, 7) is 2.44. The highest BCUT2D eigenvalue weighted by atomic mass is 35.5. The third-order valence-corrected chi connectivity index (χ3v) is 7.85. The van der Waals surface area contributed by atoms with Crippen LogP contribution >= 0.6 is 24.2 Å². The van der Waals surface area contributed by atoms with Crippen molar-refractivity contribution in [2.75, 3.05) is 31.1 Å². The molecule has 26 heavy (non-hydrogen) atoms. The molecule has 4 fully saturated rings. The van der Waals surface area contributed by atoms with E-state index in [1.54, 1.807) is 0 Å². The van der Waals surface area contributed by atoms with Gasteiger partial charge in [-0.2, -0.15) is 11.8 Å². The molecule has 148 valence electrons. The summed E-state index contributed by atoms with van der Waals surface area (Å²) < 4.78 is 0. The van der Waals surface area contributed by atoms with Gasteiger partial charge in [0.2, 0.25) is 11.8 Å². The Morgan fingerprint density at radius 2 is 1.54 bits per heavy atom. The van der Waals surface area contributed by atoms with Crippen molar-refractivity contribution < 1.29 is 9.59 Å². The number of hydrogen-bond donors (Lipinski definition) is 1. The average Bonchev–Trinajstić information content (AvgIpc) is 3.10. The highest BCUT2D eigenvalue weighted by Gasteiger charge is 2.44. The standard InChI is InChI=1S/C19H31N3O2S.ClH/c20-17-13-3-1-4-14(17)12-15(11-13)18(23)22-6-2-5-16(22)19(24)21-7-9-25-10-8-21;/h13-17H,1-12,20H2;1H. The Balaban J connectivity index is 0.00000196. The van der Waals surface area contributed by atoms with Crippen molar-refractivity contribution in [3.8, 4) is 0 Å². The van der Waals surface area contributed by atoms with Crippen molar-refractivity contribution in [2.45, 2.75) is 57.0 Å². The van der Waals surface area contributed by atoms with Crippen molar-refractivity contribution in [1.82, 2.24) is 9.80 Å². The molecular weight excluding hydrogens is 370 g/mol. The summed E-state index contributed by atoms with van der Waals surface area (Å²) in [5.41, 5.74) is 6.39. The van der Waals surface area contributed by atoms with Crippen molar-refractivity contribution in [1.29, 1.82) is 0 Å². The van der Waals surface area contributed by atoms with Gasteiger partial charge in [-0.3, -0.25) is 9.59 Å². The van der Waals surface area contributed by atoms with E-state index in [0.29, 0.717) is 17.9 Å². The molecular formula is C19H32ClN3O2S. The van der Waals surface area contributed by atoms with E-state index in [9.17, 15) is 9.59 Å². The number of likely N-dealkylation sites (tertiary alicyclic amines) is 1. The maximum Gasteiger partial charge on any atom is 0.245 e. The van der Waals surface area contributed by atoms with E-state index in [1.165, 1.54) is 19.3 Å². The van der Waals surface area contributed by atoms with Crippen LogP contribution in [0.2, 0.25) is 0 Å². The van der Waals surface area contributed by atoms with Gasteiger partial charge in [-0.15, -0.1) is 12.4 Å². The first-order valence-corrected chi connectivity index (χ1v) is 11.2. The van der Waals surface area contributed by atoms with Crippen LogP contribution in [0, 0.1) is 17.8 Å². The maximum atomic E-state index is 13.2. The van der Waals surface area contributed by atoms with Gasteiger partial charge in [-0.05, 0) is 50.4 Å². The van der Waals surface area contributed by atoms with Crippen LogP contribution in [-0.4, -0.2) is 64.8 Å². The first kappa shape index (κ1) is 20.3. The van der Waals surface area contributed by atoms with Crippen molar-refractivity contribution >= 4 is 36.0 Å². The molecule has 2 bridgehead atoms. The molecule has 7 heteroatoms. The number of amides is 2. The lowest BCUT2D eigenvalue weighted by molar-refractivity contribution is -0.147. The number of carbonyl (C=O) groups is 2. The molecule has 2 saturated heterocycles. The van der Waals surface area contributed by atoms with Crippen LogP contribution in [0.1, 0.15) is 44.9 Å². The summed E-state index contributed by atoms with van der Waals surface area (Å²) in [6, 6.07) is 0.0886. The number of thioether (sulfide) groups is 1. The second-order valence-electron chi connectivity index (χ2n) is 8.32. The van der Waals surface area contributed by atoms with Gasteiger partial charge in [0.15, 0.2) is 0 Å². The molecule has 3 unspecified atom stereocenters. The van der Waals surface area contributed by atoms with E-state index in [0.717, 1.165) is 56.8 Å². The molecule has 2 N–H and O–H groups in total. The molecule has 2 amide bonds. The van der Waals surface area contributed by atoms with E-state index in [1.807, 2.05) is 21.6 Å². The molecule has 4 rings (SSSR count). The van der Waals surface area contributed by atoms with E-state index < -0.39 is 0 Å². The molecule has 2 heterocycles. The Bertz CT molecular complexity index is 515. The van der Waals surface area contributed by atoms with Gasteiger partial charge in [0.25, 0.3) is 0 Å². The Morgan fingerprint density at radius 3 is 2.19 bits per heavy atom. The summed E-state index contributed by atoms with van der Waals surface area (Å²) in [6.07, 6.45) is 7.30. The average molecular weight is 402 g/mol. The van der Waals surface area contributed by atoms with Gasteiger partial charge in [-0.25, -0.2) is 0 Å². The summed E-state index contributed by atoms with van der Waals surface area (Å²) in [5.74, 6) is 3.60. The number of rotatable bonds is 2. The van der Waals surface area contributed by atoms with Gasteiger partial charge in [-0.1, -0.05) is 6.42 Å². The number of fused-ring (bicyclic) bond motifs is 2. The van der Waals surface area contributed by atoms with Crippen LogP contribution in [0.3, 0.4) is 0 Å². The molecule has 2 aliphatic carbocycles. The minimum absolute atomic E-state index is 0. The molecule has 0 spiro atoms. The minimum atomic E-state index is -0.203. The molecule has 2 aliphatic heterocycles. The Hall–Kier alpha value is -0.460. The highest BCUT2D eigenvalue weighted by Crippen LogP contribution is 2.43. The summed E-state index contributed by atoms with van der Waals surface area (Å²) >= 11 is 1.91. The largest absolute Gasteiger partial charge is 0.339 e. The van der Waals surface area contributed by atoms with Crippen LogP contribution in [0.4, 0.5) is 0 Å². The normalized spacial score (nSPS) is 37.2. The third kappa shape index (κ3) is 3.88. The first-order chi connectivity index (χ1) is 12.1. The van der Waals surface area contributed by atoms with Gasteiger partial charge in [0.1, 0.15) is 6.04 Å². The number of hydrogen-bond acceptors (Lipinski definition) is 4. The molecule has 0 radical (unpaired) electrons. The predicted molar refractivity (Wildman–Crippen MR) is 107 cm³/mol. The highest BCUT2D eigenvalue weighted by molar-refractivity contribution is 7.99. The fraction of sp³-hybridized carbons (Fsp3) is 0.895. The molecule has 4 aliphatic rings. The second kappa shape index (κ2) is 8.70. The lowest BCUT2D eigenvalue weighted by atomic mass is 9.65. The SMILES string of the molecule is Cl.NC1C2CCCC1CC(C(=O)N1CCCC1C(=O)N1CCSCC1)C2. The molecule has 3 atom stereocenters. The number of halogens is 1. The molecule has 2 saturated carbocycles. The van der Waals surface area contributed by atoms with E-state index in [4.69, 9.17) is 5.73 Å². The Kier molecular flexibility index (Phi) is 6.78. The number of nitrogens with two attached hydrogens (primary N) is 1. The van der Waals surface area contributed by atoms with E-state index in [2.05, 4.69) is 0 Å². The van der Waals surface area contributed by atoms with Gasteiger partial charge >= 0.3 is 0 Å². The summed E-state index contributed by atoms with van der Waals surface area (Å²) in [7, 11) is 0. The molecule has 0 aromatic carbocycles. The van der Waals surface area contributed by atoms with Crippen LogP contribution < -0.4 is 5.73 Å². The zero-order valence-electron chi connectivity index (χ0n) is 15.5. The Labute approximate surface area is 167 Å². The predicted octanol–water partition coefficient (Wildman–Crippen LogP) is 2.13. The first-order valence-electron chi connectivity index (χ1n) is 10.1. The second-order valence-corrected chi connectivity index (χ2v) is 9.55. The van der Waals surface area contributed by atoms with Crippen LogP contribution in [0.5, 0.6) is 0 Å². The topological polar surface area (TPSA) is 66.6 Å². The summed E-state index contributed by atoms with van der Waals surface area (Å²) in [4.78, 5) is 30.1. The van der Waals surface area contributed by atoms with Crippen LogP contribution in [-0.2, 0) is 9.59 Å². The monoisotopic (exact) mass is 401 g/mol. The lowest BCUT2D eigenvalue weighted by Crippen LogP contribution is -2.53. The molecule has 5 nitrogen and oxygen atoms in total. The zero-order valence-corrected chi connectivity index (χ0v) is 17.1. The van der Waals surface area contributed by atoms with E-state index >= 15 is 0 Å². The number of carbonyl (C=O) groups excluding carboxylic acids is 2. The maximum absolute atomic E-state index is 13.2. The number of nitrogens with zero attached hydrogens (tertiary/aromatic N) is 2. The van der Waals surface area contributed by atoms with Crippen molar-refractivity contribution in [3.63, 3.8) is 0 Å². The quantitative estimate of drug-likeness (QED) is 0.769. The van der Waals surface area contributed by atoms with Gasteiger partial charge < -0.3 is 15.5 Å². The third-order valence-electron chi connectivity index (χ3n) is 6.91. The lowest BCUT2D eigenvalue weighted by Gasteiger charge is -2.44. The minimum Gasteiger partial charge on any atom is -0.339 e. The van der Waals surface area contributed by atoms with Gasteiger partial charge in [0, 0.05) is 43.1 Å².